The molecule has 0 aromatic carbocycles. The highest BCUT2D eigenvalue weighted by Gasteiger charge is 2.16. The normalized spacial score (nSPS) is 12.6. The van der Waals surface area contributed by atoms with Gasteiger partial charge in [0.25, 0.3) is 0 Å². The summed E-state index contributed by atoms with van der Waals surface area (Å²) >= 11 is 0. The Morgan fingerprint density at radius 2 is 2.06 bits per heavy atom. The lowest BCUT2D eigenvalue weighted by Crippen LogP contribution is -2.17. The molecular weight excluding hydrogens is 204 g/mol. The molecule has 0 saturated heterocycles. The Bertz CT molecular complexity index is 341. The average Bonchev–Trinajstić information content (AvgIpc) is 2.28. The van der Waals surface area contributed by atoms with Crippen LogP contribution in [0.1, 0.15) is 45.6 Å². The molecule has 1 aromatic heterocycles. The lowest BCUT2D eigenvalue weighted by molar-refractivity contribution is 0.205. The van der Waals surface area contributed by atoms with Crippen molar-refractivity contribution in [2.24, 2.45) is 5.84 Å². The van der Waals surface area contributed by atoms with Gasteiger partial charge in [0, 0.05) is 0 Å². The summed E-state index contributed by atoms with van der Waals surface area (Å²) in [7, 11) is 0. The van der Waals surface area contributed by atoms with Gasteiger partial charge < -0.3 is 10.2 Å². The molecule has 0 fully saturated rings. The van der Waals surface area contributed by atoms with Crippen molar-refractivity contribution in [3.05, 3.63) is 11.9 Å². The molecule has 3 N–H and O–H groups in total. The van der Waals surface area contributed by atoms with E-state index in [1.165, 1.54) is 6.33 Å². The minimum absolute atomic E-state index is 0.137. The van der Waals surface area contributed by atoms with Gasteiger partial charge in [0.05, 0.1) is 11.7 Å². The summed E-state index contributed by atoms with van der Waals surface area (Å²) < 4.78 is 5.75. The summed E-state index contributed by atoms with van der Waals surface area (Å²) in [6.07, 6.45) is 2.53. The number of hydrazine groups is 1. The number of aromatic nitrogens is 2. The number of nitrogen functional groups attached to an aromatic ring is 1. The van der Waals surface area contributed by atoms with Crippen LogP contribution in [0.2, 0.25) is 0 Å². The van der Waals surface area contributed by atoms with Crippen molar-refractivity contribution in [1.82, 2.24) is 9.97 Å². The van der Waals surface area contributed by atoms with Crippen LogP contribution in [-0.2, 0) is 0 Å². The molecule has 0 amide bonds. The van der Waals surface area contributed by atoms with Crippen molar-refractivity contribution in [3.8, 4) is 5.88 Å². The first kappa shape index (κ1) is 12.7. The zero-order chi connectivity index (χ0) is 12.1. The van der Waals surface area contributed by atoms with Crippen molar-refractivity contribution >= 4 is 5.82 Å². The molecule has 0 aliphatic carbocycles. The van der Waals surface area contributed by atoms with Crippen molar-refractivity contribution in [2.75, 3.05) is 5.43 Å². The number of hydrogen-bond acceptors (Lipinski definition) is 5. The smallest absolute Gasteiger partial charge is 0.222 e. The molecule has 5 heteroatoms. The van der Waals surface area contributed by atoms with Gasteiger partial charge in [-0.1, -0.05) is 20.8 Å². The van der Waals surface area contributed by atoms with Gasteiger partial charge in [0.1, 0.15) is 6.33 Å². The molecule has 5 nitrogen and oxygen atoms in total. The highest BCUT2D eigenvalue weighted by atomic mass is 16.5. The van der Waals surface area contributed by atoms with Crippen LogP contribution in [0.3, 0.4) is 0 Å². The van der Waals surface area contributed by atoms with Gasteiger partial charge >= 0.3 is 0 Å². The molecule has 0 aliphatic rings. The van der Waals surface area contributed by atoms with Crippen molar-refractivity contribution in [1.29, 1.82) is 0 Å². The molecule has 1 unspecified atom stereocenters. The maximum Gasteiger partial charge on any atom is 0.222 e. The third-order valence-electron chi connectivity index (χ3n) is 2.45. The Kier molecular flexibility index (Phi) is 4.49. The van der Waals surface area contributed by atoms with E-state index < -0.39 is 0 Å². The summed E-state index contributed by atoms with van der Waals surface area (Å²) in [5, 5.41) is 0. The quantitative estimate of drug-likeness (QED) is 0.591. The molecule has 1 aromatic rings. The highest BCUT2D eigenvalue weighted by molar-refractivity contribution is 5.49. The molecule has 90 valence electrons. The Morgan fingerprint density at radius 1 is 1.38 bits per heavy atom. The number of nitrogens with zero attached hydrogens (tertiary/aromatic N) is 2. The van der Waals surface area contributed by atoms with Gasteiger partial charge in [-0.05, 0) is 19.3 Å². The van der Waals surface area contributed by atoms with Crippen LogP contribution >= 0.6 is 0 Å². The molecule has 1 rings (SSSR count). The molecule has 0 saturated carbocycles. The Hall–Kier alpha value is -1.36. The predicted octanol–water partition coefficient (Wildman–Crippen LogP) is 2.06. The van der Waals surface area contributed by atoms with E-state index in [-0.39, 0.29) is 12.0 Å². The monoisotopic (exact) mass is 224 g/mol. The molecule has 1 heterocycles. The van der Waals surface area contributed by atoms with E-state index in [1.807, 2.05) is 6.92 Å². The van der Waals surface area contributed by atoms with Crippen LogP contribution < -0.4 is 16.0 Å². The van der Waals surface area contributed by atoms with E-state index in [0.717, 1.165) is 12.0 Å². The first-order chi connectivity index (χ1) is 7.60. The molecule has 0 spiro atoms. The van der Waals surface area contributed by atoms with Crippen LogP contribution in [0.5, 0.6) is 5.88 Å². The molecule has 1 atom stereocenters. The summed E-state index contributed by atoms with van der Waals surface area (Å²) in [4.78, 5) is 8.25. The number of nitrogens with two attached hydrogens (primary N) is 1. The van der Waals surface area contributed by atoms with Crippen LogP contribution in [0.15, 0.2) is 6.33 Å². The maximum absolute atomic E-state index is 5.75. The van der Waals surface area contributed by atoms with Crippen LogP contribution in [-0.4, -0.2) is 16.1 Å². The maximum atomic E-state index is 5.75. The van der Waals surface area contributed by atoms with E-state index >= 15 is 0 Å². The van der Waals surface area contributed by atoms with Crippen LogP contribution in [0, 0.1) is 0 Å². The van der Waals surface area contributed by atoms with E-state index in [4.69, 9.17) is 10.6 Å². The van der Waals surface area contributed by atoms with E-state index in [0.29, 0.717) is 11.7 Å². The minimum Gasteiger partial charge on any atom is -0.474 e. The molecular formula is C11H20N4O. The lowest BCUT2D eigenvalue weighted by atomic mass is 10.1. The van der Waals surface area contributed by atoms with E-state index in [2.05, 4.69) is 36.2 Å². The number of nitrogens with one attached hydrogen (secondary N) is 1. The van der Waals surface area contributed by atoms with Gasteiger partial charge in [-0.3, -0.25) is 0 Å². The number of ether oxygens (including phenoxy) is 1. The third-order valence-corrected chi connectivity index (χ3v) is 2.45. The van der Waals surface area contributed by atoms with Gasteiger partial charge in [0.2, 0.25) is 5.88 Å². The summed E-state index contributed by atoms with van der Waals surface area (Å²) in [5.74, 6) is 6.93. The van der Waals surface area contributed by atoms with E-state index in [9.17, 15) is 0 Å². The topological polar surface area (TPSA) is 73.1 Å². The fourth-order valence-corrected chi connectivity index (χ4v) is 1.38. The minimum atomic E-state index is 0.137. The number of anilines is 1. The van der Waals surface area contributed by atoms with Crippen LogP contribution in [0.25, 0.3) is 0 Å². The first-order valence-corrected chi connectivity index (χ1v) is 5.58. The van der Waals surface area contributed by atoms with Gasteiger partial charge in [0.15, 0.2) is 5.82 Å². The van der Waals surface area contributed by atoms with Crippen LogP contribution in [0.4, 0.5) is 5.82 Å². The van der Waals surface area contributed by atoms with E-state index in [1.54, 1.807) is 0 Å². The number of hydrogen-bond donors (Lipinski definition) is 2. The second-order valence-corrected chi connectivity index (χ2v) is 4.08. The average molecular weight is 224 g/mol. The molecule has 0 bridgehead atoms. The summed E-state index contributed by atoms with van der Waals surface area (Å²) in [6, 6.07) is 0. The fraction of sp³-hybridized carbons (Fsp3) is 0.636. The van der Waals surface area contributed by atoms with Gasteiger partial charge in [-0.15, -0.1) is 0 Å². The number of rotatable bonds is 5. The summed E-state index contributed by atoms with van der Waals surface area (Å²) in [5.41, 5.74) is 3.50. The zero-order valence-electron chi connectivity index (χ0n) is 10.3. The molecule has 16 heavy (non-hydrogen) atoms. The molecule has 0 aliphatic heterocycles. The fourth-order valence-electron chi connectivity index (χ4n) is 1.38. The van der Waals surface area contributed by atoms with Gasteiger partial charge in [-0.2, -0.15) is 0 Å². The lowest BCUT2D eigenvalue weighted by Gasteiger charge is -2.18. The Morgan fingerprint density at radius 3 is 2.56 bits per heavy atom. The largest absolute Gasteiger partial charge is 0.474 e. The van der Waals surface area contributed by atoms with Crippen molar-refractivity contribution < 1.29 is 4.74 Å². The highest BCUT2D eigenvalue weighted by Crippen LogP contribution is 2.30. The SMILES string of the molecule is CCC(C)Oc1ncnc(NN)c1C(C)C. The Labute approximate surface area is 96.4 Å². The van der Waals surface area contributed by atoms with Crippen molar-refractivity contribution in [2.45, 2.75) is 46.1 Å². The molecule has 0 radical (unpaired) electrons. The van der Waals surface area contributed by atoms with Crippen molar-refractivity contribution in [3.63, 3.8) is 0 Å². The first-order valence-electron chi connectivity index (χ1n) is 5.58. The third kappa shape index (κ3) is 2.82. The second-order valence-electron chi connectivity index (χ2n) is 4.08. The standard InChI is InChI=1S/C11H20N4O/c1-5-8(4)16-11-9(7(2)3)10(15-12)13-6-14-11/h6-8H,5,12H2,1-4H3,(H,13,14,15). The predicted molar refractivity (Wildman–Crippen MR) is 64.3 cm³/mol. The Balaban J connectivity index is 3.07. The second kappa shape index (κ2) is 5.65. The van der Waals surface area contributed by atoms with Gasteiger partial charge in [-0.25, -0.2) is 15.8 Å². The summed E-state index contributed by atoms with van der Waals surface area (Å²) in [6.45, 7) is 8.21. The zero-order valence-corrected chi connectivity index (χ0v) is 10.3.